The molecule has 0 aliphatic carbocycles. The van der Waals surface area contributed by atoms with Gasteiger partial charge >= 0.3 is 0 Å². The maximum absolute atomic E-state index is 11.4. The molecule has 0 saturated heterocycles. The molecule has 0 amide bonds. The molecule has 2 N–H and O–H groups in total. The van der Waals surface area contributed by atoms with Crippen LogP contribution < -0.4 is 5.14 Å². The highest BCUT2D eigenvalue weighted by Gasteiger charge is 2.11. The minimum absolute atomic E-state index is 0.130. The molecule has 0 aromatic heterocycles. The van der Waals surface area contributed by atoms with Gasteiger partial charge in [0.1, 0.15) is 0 Å². The summed E-state index contributed by atoms with van der Waals surface area (Å²) >= 11 is 11.0. The van der Waals surface area contributed by atoms with Gasteiger partial charge in [-0.1, -0.05) is 11.6 Å². The van der Waals surface area contributed by atoms with Crippen LogP contribution in [0.4, 0.5) is 0 Å². The number of hydrogen-bond donors (Lipinski definition) is 1. The smallest absolute Gasteiger partial charge is 0.252 e. The van der Waals surface area contributed by atoms with Gasteiger partial charge in [0.25, 0.3) is 5.24 Å². The van der Waals surface area contributed by atoms with Crippen molar-refractivity contribution in [3.8, 4) is 0 Å². The number of halogens is 2. The van der Waals surface area contributed by atoms with Crippen molar-refractivity contribution in [1.29, 1.82) is 0 Å². The highest BCUT2D eigenvalue weighted by Crippen LogP contribution is 2.22. The van der Waals surface area contributed by atoms with E-state index < -0.39 is 15.0 Å². The molecule has 0 fully saturated rings. The Morgan fingerprint density at radius 1 is 1.50 bits per heavy atom. The quantitative estimate of drug-likeness (QED) is 0.642. The molecule has 0 aliphatic heterocycles. The third-order valence-electron chi connectivity index (χ3n) is 1.53. The molecule has 6 heteroatoms. The summed E-state index contributed by atoms with van der Waals surface area (Å²) in [5.74, 6) is 3.27. The lowest BCUT2D eigenvalue weighted by atomic mass is 10.2. The van der Waals surface area contributed by atoms with Gasteiger partial charge in [-0.2, -0.15) is 0 Å². The predicted molar refractivity (Wildman–Crippen MR) is 59.4 cm³/mol. The number of carbonyl (C=O) groups is 1. The molecular weight excluding hydrogens is 245 g/mol. The van der Waals surface area contributed by atoms with Crippen molar-refractivity contribution in [3.63, 3.8) is 0 Å². The van der Waals surface area contributed by atoms with Gasteiger partial charge < -0.3 is 0 Å². The second-order valence-electron chi connectivity index (χ2n) is 2.65. The van der Waals surface area contributed by atoms with Gasteiger partial charge in [-0.05, 0) is 35.7 Å². The minimum Gasteiger partial charge on any atom is -0.276 e. The summed E-state index contributed by atoms with van der Waals surface area (Å²) in [7, 11) is -2.93. The second kappa shape index (κ2) is 3.90. The zero-order valence-electron chi connectivity index (χ0n) is 7.00. The third-order valence-corrected chi connectivity index (χ3v) is 3.27. The van der Waals surface area contributed by atoms with E-state index in [0.29, 0.717) is 0 Å². The first-order valence-electron chi connectivity index (χ1n) is 3.47. The van der Waals surface area contributed by atoms with E-state index in [4.69, 9.17) is 28.3 Å². The number of benzene rings is 1. The maximum atomic E-state index is 11.4. The highest BCUT2D eigenvalue weighted by atomic mass is 35.5. The van der Waals surface area contributed by atoms with Crippen LogP contribution in [-0.4, -0.2) is 15.3 Å². The van der Waals surface area contributed by atoms with E-state index in [9.17, 15) is 9.00 Å². The van der Waals surface area contributed by atoms with Gasteiger partial charge in [0.05, 0.1) is 19.6 Å². The fraction of sp³-hybridized carbons (Fsp3) is 0. The SMILES string of the molecule is C=S(N)(=O)c1cc(C(=O)Cl)ccc1Cl. The third kappa shape index (κ3) is 2.48. The standard InChI is InChI=1S/C8H7Cl2NO2S/c1-14(11,13)7-4-5(8(10)12)2-3-6(7)9/h2-4H,1H2,(H2,11,13). The van der Waals surface area contributed by atoms with Gasteiger partial charge in [-0.15, -0.1) is 0 Å². The van der Waals surface area contributed by atoms with Crippen LogP contribution in [0.2, 0.25) is 5.02 Å². The van der Waals surface area contributed by atoms with Crippen LogP contribution >= 0.6 is 23.2 Å². The summed E-state index contributed by atoms with van der Waals surface area (Å²) in [5.41, 5.74) is 0.188. The molecule has 0 saturated carbocycles. The van der Waals surface area contributed by atoms with Crippen molar-refractivity contribution in [2.75, 3.05) is 0 Å². The van der Waals surface area contributed by atoms with E-state index in [0.717, 1.165) is 0 Å². The molecule has 0 bridgehead atoms. The predicted octanol–water partition coefficient (Wildman–Crippen LogP) is 1.67. The molecule has 0 heterocycles. The second-order valence-corrected chi connectivity index (χ2v) is 5.29. The Bertz CT molecular complexity index is 482. The normalized spacial score (nSPS) is 14.8. The largest absolute Gasteiger partial charge is 0.276 e. The van der Waals surface area contributed by atoms with Crippen molar-refractivity contribution < 1.29 is 9.00 Å². The Hall–Kier alpha value is -0.550. The van der Waals surface area contributed by atoms with Crippen LogP contribution in [0.5, 0.6) is 0 Å². The average molecular weight is 252 g/mol. The van der Waals surface area contributed by atoms with E-state index in [2.05, 4.69) is 5.87 Å². The fourth-order valence-electron chi connectivity index (χ4n) is 0.890. The molecule has 3 nitrogen and oxygen atoms in total. The van der Waals surface area contributed by atoms with Gasteiger partial charge in [-0.25, -0.2) is 4.21 Å². The van der Waals surface area contributed by atoms with Crippen LogP contribution in [0.3, 0.4) is 0 Å². The van der Waals surface area contributed by atoms with Crippen LogP contribution in [0, 0.1) is 0 Å². The van der Waals surface area contributed by atoms with E-state index in [-0.39, 0.29) is 15.5 Å². The summed E-state index contributed by atoms with van der Waals surface area (Å²) in [6, 6.07) is 4.11. The first kappa shape index (κ1) is 11.5. The number of carbonyl (C=O) groups excluding carboxylic acids is 1. The maximum Gasteiger partial charge on any atom is 0.252 e. The molecule has 76 valence electrons. The summed E-state index contributed by atoms with van der Waals surface area (Å²) in [6.07, 6.45) is 0. The summed E-state index contributed by atoms with van der Waals surface area (Å²) in [4.78, 5) is 10.9. The zero-order chi connectivity index (χ0) is 10.9. The molecular formula is C8H7Cl2NO2S. The van der Waals surface area contributed by atoms with Crippen LogP contribution in [0.15, 0.2) is 23.1 Å². The molecule has 14 heavy (non-hydrogen) atoms. The van der Waals surface area contributed by atoms with Crippen LogP contribution in [0.1, 0.15) is 10.4 Å². The molecule has 0 aliphatic rings. The minimum atomic E-state index is -2.93. The Balaban J connectivity index is 3.44. The van der Waals surface area contributed by atoms with Crippen molar-refractivity contribution >= 4 is 44.0 Å². The monoisotopic (exact) mass is 251 g/mol. The Labute approximate surface area is 92.0 Å². The molecule has 0 spiro atoms. The molecule has 1 aromatic rings. The summed E-state index contributed by atoms with van der Waals surface area (Å²) < 4.78 is 11.4. The Kier molecular flexibility index (Phi) is 3.21. The number of nitrogens with two attached hydrogens (primary N) is 1. The number of rotatable bonds is 2. The zero-order valence-corrected chi connectivity index (χ0v) is 9.33. The topological polar surface area (TPSA) is 60.2 Å². The molecule has 1 unspecified atom stereocenters. The lowest BCUT2D eigenvalue weighted by Gasteiger charge is -2.06. The van der Waals surface area contributed by atoms with Gasteiger partial charge in [0, 0.05) is 5.56 Å². The van der Waals surface area contributed by atoms with E-state index in [1.807, 2.05) is 0 Å². The van der Waals surface area contributed by atoms with Crippen molar-refractivity contribution in [3.05, 3.63) is 28.8 Å². The molecule has 1 rings (SSSR count). The van der Waals surface area contributed by atoms with Crippen LogP contribution in [0.25, 0.3) is 0 Å². The van der Waals surface area contributed by atoms with Crippen molar-refractivity contribution in [1.82, 2.24) is 0 Å². The molecule has 1 aromatic carbocycles. The molecule has 1 atom stereocenters. The lowest BCUT2D eigenvalue weighted by molar-refractivity contribution is 0.108. The van der Waals surface area contributed by atoms with E-state index in [1.165, 1.54) is 18.2 Å². The Morgan fingerprint density at radius 2 is 2.07 bits per heavy atom. The van der Waals surface area contributed by atoms with E-state index in [1.54, 1.807) is 0 Å². The Morgan fingerprint density at radius 3 is 2.50 bits per heavy atom. The fourth-order valence-corrected chi connectivity index (χ4v) is 2.24. The van der Waals surface area contributed by atoms with Crippen molar-refractivity contribution in [2.24, 2.45) is 5.14 Å². The van der Waals surface area contributed by atoms with Gasteiger partial charge in [0.15, 0.2) is 0 Å². The number of hydrogen-bond acceptors (Lipinski definition) is 2. The van der Waals surface area contributed by atoms with Gasteiger partial charge in [0.2, 0.25) is 0 Å². The van der Waals surface area contributed by atoms with Gasteiger partial charge in [-0.3, -0.25) is 9.93 Å². The summed E-state index contributed by atoms with van der Waals surface area (Å²) in [6.45, 7) is 0. The highest BCUT2D eigenvalue weighted by molar-refractivity contribution is 7.98. The first-order valence-corrected chi connectivity index (χ1v) is 6.01. The lowest BCUT2D eigenvalue weighted by Crippen LogP contribution is -2.13. The van der Waals surface area contributed by atoms with E-state index >= 15 is 0 Å². The first-order chi connectivity index (χ1) is 6.32. The van der Waals surface area contributed by atoms with Crippen molar-refractivity contribution in [2.45, 2.75) is 4.90 Å². The van der Waals surface area contributed by atoms with Crippen LogP contribution in [-0.2, 0) is 9.71 Å². The summed E-state index contributed by atoms with van der Waals surface area (Å²) in [5, 5.41) is 4.85. The molecule has 0 radical (unpaired) electrons. The average Bonchev–Trinajstić information content (AvgIpc) is 2.02.